The number of methoxy groups -OCH3 is 1. The zero-order valence-electron chi connectivity index (χ0n) is 22.6. The largest absolute Gasteiger partial charge is 0.497 e. The van der Waals surface area contributed by atoms with Crippen molar-refractivity contribution in [2.45, 2.75) is 31.7 Å². The molecule has 0 saturated carbocycles. The zero-order chi connectivity index (χ0) is 28.2. The van der Waals surface area contributed by atoms with Crippen LogP contribution in [0.4, 0.5) is 10.1 Å². The molecule has 1 saturated heterocycles. The summed E-state index contributed by atoms with van der Waals surface area (Å²) in [5, 5.41) is 10.5. The van der Waals surface area contributed by atoms with E-state index in [1.165, 1.54) is 12.1 Å². The van der Waals surface area contributed by atoms with Gasteiger partial charge in [-0.3, -0.25) is 14.5 Å². The molecule has 3 aromatic carbocycles. The van der Waals surface area contributed by atoms with Gasteiger partial charge in [-0.25, -0.2) is 4.39 Å². The van der Waals surface area contributed by atoms with Crippen LogP contribution in [-0.2, 0) is 9.59 Å². The van der Waals surface area contributed by atoms with Crippen LogP contribution >= 0.6 is 0 Å². The van der Waals surface area contributed by atoms with E-state index in [4.69, 9.17) is 14.2 Å². The van der Waals surface area contributed by atoms with Crippen molar-refractivity contribution in [1.82, 2.24) is 4.90 Å². The number of halogens is 1. The maximum Gasteiger partial charge on any atom is 0.309 e. The molecule has 0 aromatic heterocycles. The number of rotatable bonds is 10. The summed E-state index contributed by atoms with van der Waals surface area (Å²) in [6.45, 7) is 2.90. The third-order valence-electron chi connectivity index (χ3n) is 7.66. The Hall–Kier alpha value is -4.11. The van der Waals surface area contributed by atoms with Crippen LogP contribution in [0, 0.1) is 11.7 Å². The normalized spacial score (nSPS) is 19.9. The van der Waals surface area contributed by atoms with Gasteiger partial charge in [-0.2, -0.15) is 0 Å². The number of fused-ring (bicyclic) bond motifs is 1. The van der Waals surface area contributed by atoms with Crippen molar-refractivity contribution in [3.8, 4) is 17.2 Å². The van der Waals surface area contributed by atoms with Gasteiger partial charge in [0.25, 0.3) is 0 Å². The number of likely N-dealkylation sites (tertiary alicyclic amines) is 1. The Balaban J connectivity index is 1.51. The predicted octanol–water partition coefficient (Wildman–Crippen LogP) is 5.24. The van der Waals surface area contributed by atoms with Crippen molar-refractivity contribution in [2.24, 2.45) is 5.92 Å². The summed E-state index contributed by atoms with van der Waals surface area (Å²) in [6.07, 6.45) is 1.62. The molecule has 8 nitrogen and oxygen atoms in total. The molecule has 1 amide bonds. The molecule has 1 fully saturated rings. The van der Waals surface area contributed by atoms with Crippen LogP contribution in [0.5, 0.6) is 17.2 Å². The van der Waals surface area contributed by atoms with Crippen molar-refractivity contribution < 1.29 is 33.3 Å². The first kappa shape index (κ1) is 27.5. The summed E-state index contributed by atoms with van der Waals surface area (Å²) >= 11 is 0. The summed E-state index contributed by atoms with van der Waals surface area (Å²) in [7, 11) is 1.57. The molecule has 0 spiro atoms. The number of nitrogens with zero attached hydrogens (tertiary/aromatic N) is 2. The molecular weight excluding hydrogens is 515 g/mol. The first-order valence-corrected chi connectivity index (χ1v) is 13.5. The van der Waals surface area contributed by atoms with Crippen molar-refractivity contribution in [2.75, 3.05) is 38.4 Å². The van der Waals surface area contributed by atoms with E-state index < -0.39 is 29.7 Å². The topological polar surface area (TPSA) is 88.5 Å². The van der Waals surface area contributed by atoms with Crippen molar-refractivity contribution in [1.29, 1.82) is 0 Å². The fourth-order valence-electron chi connectivity index (χ4n) is 5.69. The second kappa shape index (κ2) is 12.0. The Bertz CT molecular complexity index is 1360. The zero-order valence-corrected chi connectivity index (χ0v) is 22.6. The molecule has 0 radical (unpaired) electrons. The van der Waals surface area contributed by atoms with Gasteiger partial charge in [-0.1, -0.05) is 37.6 Å². The van der Waals surface area contributed by atoms with Gasteiger partial charge in [0.05, 0.1) is 19.6 Å². The van der Waals surface area contributed by atoms with Gasteiger partial charge in [-0.05, 0) is 60.0 Å². The number of carboxylic acid groups (broad SMARTS) is 1. The van der Waals surface area contributed by atoms with Crippen LogP contribution in [0.2, 0.25) is 0 Å². The molecule has 5 rings (SSSR count). The molecule has 3 atom stereocenters. The molecule has 0 aliphatic carbocycles. The molecule has 2 aliphatic heterocycles. The van der Waals surface area contributed by atoms with Crippen LogP contribution < -0.4 is 19.1 Å². The lowest BCUT2D eigenvalue weighted by atomic mass is 9.82. The minimum atomic E-state index is -0.952. The summed E-state index contributed by atoms with van der Waals surface area (Å²) < 4.78 is 30.4. The van der Waals surface area contributed by atoms with E-state index in [1.807, 2.05) is 36.1 Å². The number of carboxylic acids is 1. The molecule has 1 N–H and O–H groups in total. The Morgan fingerprint density at radius 3 is 2.50 bits per heavy atom. The molecule has 2 heterocycles. The van der Waals surface area contributed by atoms with E-state index in [9.17, 15) is 19.1 Å². The van der Waals surface area contributed by atoms with Gasteiger partial charge in [-0.15, -0.1) is 0 Å². The summed E-state index contributed by atoms with van der Waals surface area (Å²) in [4.78, 5) is 30.2. The van der Waals surface area contributed by atoms with E-state index in [2.05, 4.69) is 0 Å². The number of aliphatic carboxylic acids is 1. The number of carbonyl (C=O) groups excluding carboxylic acids is 1. The van der Waals surface area contributed by atoms with E-state index in [-0.39, 0.29) is 19.2 Å². The number of benzene rings is 3. The Kier molecular flexibility index (Phi) is 8.21. The summed E-state index contributed by atoms with van der Waals surface area (Å²) in [5.74, 6) is -0.981. The number of amides is 1. The summed E-state index contributed by atoms with van der Waals surface area (Å²) in [5.41, 5.74) is 2.06. The standard InChI is InChI=1S/C31H33FN2O6/c1-3-4-14-34(23-7-5-6-22(32)16-23)28(35)18-33-17-25(21-10-13-26-27(15-21)40-19-39-26)29(31(36)37)30(33)20-8-11-24(38-2)12-9-20/h5-13,15-16,25,29-30H,3-4,14,17-19H2,1-2H3,(H,36,37). The minimum Gasteiger partial charge on any atom is -0.497 e. The maximum absolute atomic E-state index is 14.1. The third kappa shape index (κ3) is 5.60. The van der Waals surface area contributed by atoms with Gasteiger partial charge in [0, 0.05) is 30.7 Å². The number of carbonyl (C=O) groups is 2. The molecule has 9 heteroatoms. The molecule has 210 valence electrons. The van der Waals surface area contributed by atoms with Gasteiger partial charge in [0.2, 0.25) is 12.7 Å². The molecule has 3 unspecified atom stereocenters. The van der Waals surface area contributed by atoms with Crippen molar-refractivity contribution in [3.05, 3.63) is 83.7 Å². The lowest BCUT2D eigenvalue weighted by Crippen LogP contribution is -2.41. The minimum absolute atomic E-state index is 0.0260. The van der Waals surface area contributed by atoms with Crippen LogP contribution in [0.1, 0.15) is 42.9 Å². The number of unbranched alkanes of at least 4 members (excludes halogenated alkanes) is 1. The average molecular weight is 549 g/mol. The lowest BCUT2D eigenvalue weighted by Gasteiger charge is -2.30. The molecule has 40 heavy (non-hydrogen) atoms. The monoisotopic (exact) mass is 548 g/mol. The van der Waals surface area contributed by atoms with Gasteiger partial charge >= 0.3 is 5.97 Å². The number of hydrogen-bond donors (Lipinski definition) is 1. The second-order valence-corrected chi connectivity index (χ2v) is 10.1. The first-order valence-electron chi connectivity index (χ1n) is 13.5. The van der Waals surface area contributed by atoms with Crippen LogP contribution in [0.3, 0.4) is 0 Å². The highest BCUT2D eigenvalue weighted by Crippen LogP contribution is 2.47. The van der Waals surface area contributed by atoms with Gasteiger partial charge < -0.3 is 24.2 Å². The fourth-order valence-corrected chi connectivity index (χ4v) is 5.69. The first-order chi connectivity index (χ1) is 19.4. The molecule has 0 bridgehead atoms. The summed E-state index contributed by atoms with van der Waals surface area (Å²) in [6, 6.07) is 18.2. The SMILES string of the molecule is CCCCN(C(=O)CN1CC(c2ccc3c(c2)OCO3)C(C(=O)O)C1c1ccc(OC)cc1)c1cccc(F)c1. The highest BCUT2D eigenvalue weighted by atomic mass is 19.1. The highest BCUT2D eigenvalue weighted by molar-refractivity contribution is 5.95. The van der Waals surface area contributed by atoms with E-state index in [0.717, 1.165) is 24.0 Å². The van der Waals surface area contributed by atoms with E-state index in [1.54, 1.807) is 42.3 Å². The number of anilines is 1. The van der Waals surface area contributed by atoms with Crippen LogP contribution in [0.25, 0.3) is 0 Å². The maximum atomic E-state index is 14.1. The predicted molar refractivity (Wildman–Crippen MR) is 147 cm³/mol. The molecular formula is C31H33FN2O6. The van der Waals surface area contributed by atoms with E-state index in [0.29, 0.717) is 36.0 Å². The highest BCUT2D eigenvalue weighted by Gasteiger charge is 2.48. The van der Waals surface area contributed by atoms with Gasteiger partial charge in [0.1, 0.15) is 11.6 Å². The van der Waals surface area contributed by atoms with Crippen molar-refractivity contribution >= 4 is 17.6 Å². The van der Waals surface area contributed by atoms with Crippen molar-refractivity contribution in [3.63, 3.8) is 0 Å². The van der Waals surface area contributed by atoms with E-state index >= 15 is 0 Å². The molecule has 3 aromatic rings. The number of ether oxygens (including phenoxy) is 3. The fraction of sp³-hybridized carbons (Fsp3) is 0.355. The van der Waals surface area contributed by atoms with Crippen LogP contribution in [0.15, 0.2) is 66.7 Å². The molecule has 2 aliphatic rings. The quantitative estimate of drug-likeness (QED) is 0.371. The number of hydrogen-bond acceptors (Lipinski definition) is 6. The second-order valence-electron chi connectivity index (χ2n) is 10.1. The smallest absolute Gasteiger partial charge is 0.309 e. The Labute approximate surface area is 232 Å². The lowest BCUT2D eigenvalue weighted by molar-refractivity contribution is -0.143. The average Bonchev–Trinajstić information content (AvgIpc) is 3.58. The Morgan fingerprint density at radius 2 is 1.80 bits per heavy atom. The van der Waals surface area contributed by atoms with Gasteiger partial charge in [0.15, 0.2) is 11.5 Å². The third-order valence-corrected chi connectivity index (χ3v) is 7.66. The van der Waals surface area contributed by atoms with Crippen LogP contribution in [-0.4, -0.2) is 55.4 Å². The Morgan fingerprint density at radius 1 is 1.05 bits per heavy atom.